The summed E-state index contributed by atoms with van der Waals surface area (Å²) >= 11 is 0. The van der Waals surface area contributed by atoms with E-state index in [1.807, 2.05) is 0 Å². The number of nitrogens with one attached hydrogen (secondary N) is 2. The zero-order chi connectivity index (χ0) is 8.69. The third-order valence-electron chi connectivity index (χ3n) is 1.04. The number of nitrogens with zero attached hydrogens (tertiary/aromatic N) is 2. The van der Waals surface area contributed by atoms with E-state index in [-0.39, 0.29) is 0 Å². The lowest BCUT2D eigenvalue weighted by molar-refractivity contribution is 0.271. The topological polar surface area (TPSA) is 39.7 Å². The van der Waals surface area contributed by atoms with Gasteiger partial charge in [-0.15, -0.1) is 0 Å². The maximum atomic E-state index is 3.95. The van der Waals surface area contributed by atoms with Crippen molar-refractivity contribution in [2.75, 3.05) is 14.1 Å². The van der Waals surface area contributed by atoms with Gasteiger partial charge in [-0.05, 0) is 6.08 Å². The highest BCUT2D eigenvalue weighted by molar-refractivity contribution is 5.69. The van der Waals surface area contributed by atoms with Crippen LogP contribution in [0.4, 0.5) is 0 Å². The Morgan fingerprint density at radius 1 is 1.55 bits per heavy atom. The molecule has 0 aliphatic carbocycles. The Balaban J connectivity index is 4.04. The highest BCUT2D eigenvalue weighted by atomic mass is 15.7. The van der Waals surface area contributed by atoms with Crippen LogP contribution in [-0.4, -0.2) is 25.4 Å². The van der Waals surface area contributed by atoms with E-state index in [2.05, 4.69) is 29.0 Å². The van der Waals surface area contributed by atoms with Crippen LogP contribution in [0.15, 0.2) is 30.2 Å². The summed E-state index contributed by atoms with van der Waals surface area (Å²) in [5.74, 6) is 0.672. The van der Waals surface area contributed by atoms with Gasteiger partial charge in [0.25, 0.3) is 0 Å². The monoisotopic (exact) mass is 154 g/mol. The average molecular weight is 154 g/mol. The zero-order valence-electron chi connectivity index (χ0n) is 6.96. The summed E-state index contributed by atoms with van der Waals surface area (Å²) in [7, 11) is 3.53. The van der Waals surface area contributed by atoms with E-state index in [9.17, 15) is 0 Å². The highest BCUT2D eigenvalue weighted by Crippen LogP contribution is 1.90. The van der Waals surface area contributed by atoms with Crippen LogP contribution in [0.3, 0.4) is 0 Å². The van der Waals surface area contributed by atoms with E-state index < -0.39 is 0 Å². The average Bonchev–Trinajstić information content (AvgIpc) is 2.05. The van der Waals surface area contributed by atoms with E-state index in [0.717, 1.165) is 0 Å². The van der Waals surface area contributed by atoms with Crippen LogP contribution >= 0.6 is 0 Å². The second-order valence-electron chi connectivity index (χ2n) is 1.73. The predicted molar refractivity (Wildman–Crippen MR) is 47.8 cm³/mol. The van der Waals surface area contributed by atoms with Crippen LogP contribution in [0.2, 0.25) is 0 Å². The Labute approximate surface area is 67.2 Å². The van der Waals surface area contributed by atoms with E-state index in [1.54, 1.807) is 26.4 Å². The molecule has 0 amide bonds. The first kappa shape index (κ1) is 9.71. The van der Waals surface area contributed by atoms with Crippen LogP contribution in [0, 0.1) is 0 Å². The third kappa shape index (κ3) is 3.42. The maximum Gasteiger partial charge on any atom is 0.133 e. The summed E-state index contributed by atoms with van der Waals surface area (Å²) in [4.78, 5) is 0. The molecule has 0 atom stereocenters. The largest absolute Gasteiger partial charge is 0.373 e. The van der Waals surface area contributed by atoms with Crippen LogP contribution < -0.4 is 10.7 Å². The molecule has 0 radical (unpaired) electrons. The number of hydrazine groups is 1. The van der Waals surface area contributed by atoms with Crippen LogP contribution in [0.1, 0.15) is 0 Å². The fourth-order valence-corrected chi connectivity index (χ4v) is 0.482. The molecule has 62 valence electrons. The van der Waals surface area contributed by atoms with Crippen molar-refractivity contribution in [2.24, 2.45) is 5.10 Å². The minimum absolute atomic E-state index is 0.672. The van der Waals surface area contributed by atoms with Crippen molar-refractivity contribution in [3.05, 3.63) is 25.1 Å². The van der Waals surface area contributed by atoms with Crippen molar-refractivity contribution < 1.29 is 0 Å². The standard InChI is InChI=1S/C7H14N4/c1-5-6-10-11(9-4)7(2)8-3/h5-6,8-9H,1-2H2,3-4H3/b10-6-. The molecule has 4 nitrogen and oxygen atoms in total. The van der Waals surface area contributed by atoms with Gasteiger partial charge >= 0.3 is 0 Å². The lowest BCUT2D eigenvalue weighted by Crippen LogP contribution is -2.33. The van der Waals surface area contributed by atoms with Crippen molar-refractivity contribution in [3.63, 3.8) is 0 Å². The molecule has 0 saturated heterocycles. The van der Waals surface area contributed by atoms with Gasteiger partial charge in [-0.25, -0.2) is 5.43 Å². The molecule has 0 aliphatic rings. The second-order valence-corrected chi connectivity index (χ2v) is 1.73. The van der Waals surface area contributed by atoms with E-state index in [0.29, 0.717) is 5.82 Å². The highest BCUT2D eigenvalue weighted by Gasteiger charge is 1.97. The molecule has 0 unspecified atom stereocenters. The lowest BCUT2D eigenvalue weighted by Gasteiger charge is -2.18. The number of hydrogen-bond acceptors (Lipinski definition) is 4. The van der Waals surface area contributed by atoms with Crippen molar-refractivity contribution in [1.82, 2.24) is 15.9 Å². The van der Waals surface area contributed by atoms with Gasteiger partial charge in [-0.2, -0.15) is 10.2 Å². The molecule has 0 aliphatic heterocycles. The number of hydrogen-bond donors (Lipinski definition) is 2. The van der Waals surface area contributed by atoms with Gasteiger partial charge in [-0.1, -0.05) is 13.2 Å². The SMILES string of the molecule is C=C/C=N\N(NC)C(=C)NC. The number of hydrazone groups is 1. The molecule has 0 rings (SSSR count). The van der Waals surface area contributed by atoms with Gasteiger partial charge in [0.15, 0.2) is 0 Å². The molecule has 0 heterocycles. The summed E-state index contributed by atoms with van der Waals surface area (Å²) in [5.41, 5.74) is 2.81. The predicted octanol–water partition coefficient (Wildman–Crippen LogP) is 0.285. The van der Waals surface area contributed by atoms with E-state index >= 15 is 0 Å². The summed E-state index contributed by atoms with van der Waals surface area (Å²) in [6, 6.07) is 0. The molecule has 0 aromatic carbocycles. The maximum absolute atomic E-state index is 3.95. The second kappa shape index (κ2) is 5.49. The molecular weight excluding hydrogens is 140 g/mol. The molecule has 11 heavy (non-hydrogen) atoms. The molecule has 0 saturated carbocycles. The Kier molecular flexibility index (Phi) is 4.85. The molecule has 0 aromatic rings. The fourth-order valence-electron chi connectivity index (χ4n) is 0.482. The first-order valence-corrected chi connectivity index (χ1v) is 3.25. The van der Waals surface area contributed by atoms with Crippen molar-refractivity contribution >= 4 is 6.21 Å². The third-order valence-corrected chi connectivity index (χ3v) is 1.04. The van der Waals surface area contributed by atoms with Gasteiger partial charge in [0.05, 0.1) is 0 Å². The Bertz CT molecular complexity index is 162. The molecule has 2 N–H and O–H groups in total. The molecule has 0 aromatic heterocycles. The van der Waals surface area contributed by atoms with Crippen molar-refractivity contribution in [1.29, 1.82) is 0 Å². The van der Waals surface area contributed by atoms with Gasteiger partial charge in [-0.3, -0.25) is 0 Å². The Morgan fingerprint density at radius 2 is 2.18 bits per heavy atom. The first-order valence-electron chi connectivity index (χ1n) is 3.25. The van der Waals surface area contributed by atoms with Gasteiger partial charge in [0, 0.05) is 20.3 Å². The Morgan fingerprint density at radius 3 is 2.55 bits per heavy atom. The van der Waals surface area contributed by atoms with Crippen LogP contribution in [0.5, 0.6) is 0 Å². The smallest absolute Gasteiger partial charge is 0.133 e. The fraction of sp³-hybridized carbons (Fsp3) is 0.286. The van der Waals surface area contributed by atoms with E-state index in [1.165, 1.54) is 5.12 Å². The van der Waals surface area contributed by atoms with Gasteiger partial charge in [0.2, 0.25) is 0 Å². The summed E-state index contributed by atoms with van der Waals surface area (Å²) in [6.07, 6.45) is 3.16. The molecule has 0 bridgehead atoms. The molecular formula is C7H14N4. The van der Waals surface area contributed by atoms with Gasteiger partial charge < -0.3 is 5.32 Å². The number of rotatable bonds is 5. The van der Waals surface area contributed by atoms with Crippen molar-refractivity contribution in [3.8, 4) is 0 Å². The van der Waals surface area contributed by atoms with E-state index in [4.69, 9.17) is 0 Å². The first-order chi connectivity index (χ1) is 5.26. The molecule has 0 spiro atoms. The van der Waals surface area contributed by atoms with Crippen molar-refractivity contribution in [2.45, 2.75) is 0 Å². The van der Waals surface area contributed by atoms with Crippen LogP contribution in [-0.2, 0) is 0 Å². The lowest BCUT2D eigenvalue weighted by atomic mass is 10.7. The summed E-state index contributed by atoms with van der Waals surface area (Å²) < 4.78 is 0. The minimum Gasteiger partial charge on any atom is -0.373 e. The minimum atomic E-state index is 0.672. The summed E-state index contributed by atoms with van der Waals surface area (Å²) in [5, 5.41) is 8.30. The van der Waals surface area contributed by atoms with Crippen LogP contribution in [0.25, 0.3) is 0 Å². The number of allylic oxidation sites excluding steroid dienone is 1. The Hall–Kier alpha value is -1.29. The molecule has 4 heteroatoms. The normalized spacial score (nSPS) is 9.64. The zero-order valence-corrected chi connectivity index (χ0v) is 6.96. The molecule has 0 fully saturated rings. The quantitative estimate of drug-likeness (QED) is 0.441. The summed E-state index contributed by atoms with van der Waals surface area (Å²) in [6.45, 7) is 7.20. The van der Waals surface area contributed by atoms with Gasteiger partial charge in [0.1, 0.15) is 5.82 Å².